The average Bonchev–Trinajstić information content (AvgIpc) is 3.21. The van der Waals surface area contributed by atoms with Gasteiger partial charge in [-0.15, -0.1) is 11.3 Å². The fourth-order valence-electron chi connectivity index (χ4n) is 3.65. The van der Waals surface area contributed by atoms with Crippen molar-refractivity contribution in [1.82, 2.24) is 19.7 Å². The lowest BCUT2D eigenvalue weighted by molar-refractivity contribution is 0.335. The van der Waals surface area contributed by atoms with Gasteiger partial charge in [0, 0.05) is 47.9 Å². The first-order chi connectivity index (χ1) is 12.8. The van der Waals surface area contributed by atoms with Crippen LogP contribution in [0.1, 0.15) is 17.0 Å². The number of rotatable bonds is 4. The molecule has 0 radical (unpaired) electrons. The molecule has 3 aromatic heterocycles. The van der Waals surface area contributed by atoms with Crippen molar-refractivity contribution >= 4 is 16.5 Å². The maximum absolute atomic E-state index is 12.2. The summed E-state index contributed by atoms with van der Waals surface area (Å²) in [5, 5.41) is 5.68. The van der Waals surface area contributed by atoms with Gasteiger partial charge >= 0.3 is 0 Å². The van der Waals surface area contributed by atoms with Gasteiger partial charge in [0.25, 0.3) is 5.56 Å². The Labute approximate surface area is 155 Å². The molecular weight excluding hydrogens is 346 g/mol. The SMILES string of the molecule is O=c1ccc(-c2cccnc2)nn1CC1CN(c2nc3c(s2)CCC3)C1. The van der Waals surface area contributed by atoms with E-state index in [0.717, 1.165) is 35.9 Å². The third-order valence-corrected chi connectivity index (χ3v) is 6.29. The molecule has 132 valence electrons. The summed E-state index contributed by atoms with van der Waals surface area (Å²) < 4.78 is 1.59. The van der Waals surface area contributed by atoms with Crippen LogP contribution in [0.25, 0.3) is 11.3 Å². The highest BCUT2D eigenvalue weighted by atomic mass is 32.1. The first kappa shape index (κ1) is 15.7. The molecular formula is C19H19N5OS. The van der Waals surface area contributed by atoms with Crippen LogP contribution in [0.5, 0.6) is 0 Å². The van der Waals surface area contributed by atoms with Crippen molar-refractivity contribution in [3.63, 3.8) is 0 Å². The molecule has 26 heavy (non-hydrogen) atoms. The molecule has 0 amide bonds. The number of aryl methyl sites for hydroxylation is 2. The standard InChI is InChI=1S/C19H19N5OS/c25-18-7-6-15(14-3-2-8-20-9-14)22-24(18)12-13-10-23(11-13)19-21-16-4-1-5-17(16)26-19/h2-3,6-9,13H,1,4-5,10-12H2. The normalized spacial score (nSPS) is 16.5. The molecule has 5 rings (SSSR count). The lowest BCUT2D eigenvalue weighted by atomic mass is 10.0. The largest absolute Gasteiger partial charge is 0.347 e. The van der Waals surface area contributed by atoms with Crippen molar-refractivity contribution in [1.29, 1.82) is 0 Å². The minimum Gasteiger partial charge on any atom is -0.347 e. The van der Waals surface area contributed by atoms with Crippen molar-refractivity contribution in [2.45, 2.75) is 25.8 Å². The summed E-state index contributed by atoms with van der Waals surface area (Å²) in [5.41, 5.74) is 2.96. The van der Waals surface area contributed by atoms with Gasteiger partial charge in [-0.2, -0.15) is 5.10 Å². The molecule has 4 heterocycles. The molecule has 0 aromatic carbocycles. The van der Waals surface area contributed by atoms with E-state index in [2.05, 4.69) is 15.0 Å². The number of nitrogens with zero attached hydrogens (tertiary/aromatic N) is 5. The minimum atomic E-state index is -0.0516. The molecule has 1 fully saturated rings. The Bertz CT molecular complexity index is 969. The van der Waals surface area contributed by atoms with Gasteiger partial charge in [-0.1, -0.05) is 0 Å². The van der Waals surface area contributed by atoms with E-state index >= 15 is 0 Å². The Balaban J connectivity index is 1.28. The van der Waals surface area contributed by atoms with Crippen LogP contribution in [-0.2, 0) is 19.4 Å². The highest BCUT2D eigenvalue weighted by molar-refractivity contribution is 7.15. The monoisotopic (exact) mass is 365 g/mol. The van der Waals surface area contributed by atoms with Crippen LogP contribution in [0, 0.1) is 5.92 Å². The maximum Gasteiger partial charge on any atom is 0.266 e. The van der Waals surface area contributed by atoms with E-state index in [4.69, 9.17) is 4.98 Å². The van der Waals surface area contributed by atoms with Crippen LogP contribution in [0.4, 0.5) is 5.13 Å². The molecule has 7 heteroatoms. The molecule has 1 saturated heterocycles. The molecule has 3 aromatic rings. The van der Waals surface area contributed by atoms with E-state index in [1.54, 1.807) is 29.2 Å². The van der Waals surface area contributed by atoms with Crippen LogP contribution in [0.15, 0.2) is 41.5 Å². The van der Waals surface area contributed by atoms with Gasteiger partial charge in [-0.3, -0.25) is 9.78 Å². The highest BCUT2D eigenvalue weighted by Crippen LogP contribution is 2.35. The number of anilines is 1. The predicted molar refractivity (Wildman–Crippen MR) is 102 cm³/mol. The Morgan fingerprint density at radius 1 is 1.19 bits per heavy atom. The van der Waals surface area contributed by atoms with E-state index in [1.165, 1.54) is 23.4 Å². The molecule has 0 unspecified atom stereocenters. The average molecular weight is 365 g/mol. The Hall–Kier alpha value is -2.54. The Morgan fingerprint density at radius 3 is 2.92 bits per heavy atom. The van der Waals surface area contributed by atoms with Crippen molar-refractivity contribution in [2.75, 3.05) is 18.0 Å². The molecule has 0 spiro atoms. The van der Waals surface area contributed by atoms with E-state index in [9.17, 15) is 4.79 Å². The van der Waals surface area contributed by atoms with Crippen molar-refractivity contribution in [2.24, 2.45) is 5.92 Å². The summed E-state index contributed by atoms with van der Waals surface area (Å²) in [5.74, 6) is 0.433. The number of fused-ring (bicyclic) bond motifs is 1. The van der Waals surface area contributed by atoms with Gasteiger partial charge in [0.2, 0.25) is 0 Å². The van der Waals surface area contributed by atoms with Crippen molar-refractivity contribution < 1.29 is 0 Å². The van der Waals surface area contributed by atoms with Gasteiger partial charge in [0.05, 0.1) is 17.9 Å². The lowest BCUT2D eigenvalue weighted by Crippen LogP contribution is -2.49. The van der Waals surface area contributed by atoms with Crippen LogP contribution < -0.4 is 10.5 Å². The minimum absolute atomic E-state index is 0.0516. The molecule has 0 saturated carbocycles. The maximum atomic E-state index is 12.2. The second-order valence-electron chi connectivity index (χ2n) is 6.97. The number of hydrogen-bond donors (Lipinski definition) is 0. The Morgan fingerprint density at radius 2 is 2.12 bits per heavy atom. The summed E-state index contributed by atoms with van der Waals surface area (Å²) in [6, 6.07) is 7.19. The van der Waals surface area contributed by atoms with Gasteiger partial charge in [0.1, 0.15) is 0 Å². The zero-order valence-electron chi connectivity index (χ0n) is 14.3. The summed E-state index contributed by atoms with van der Waals surface area (Å²) in [6.45, 7) is 2.53. The molecule has 1 aliphatic heterocycles. The van der Waals surface area contributed by atoms with Crippen molar-refractivity contribution in [3.8, 4) is 11.3 Å². The molecule has 1 aliphatic carbocycles. The van der Waals surface area contributed by atoms with E-state index < -0.39 is 0 Å². The van der Waals surface area contributed by atoms with Gasteiger partial charge < -0.3 is 4.90 Å². The molecule has 6 nitrogen and oxygen atoms in total. The molecule has 0 atom stereocenters. The Kier molecular flexibility index (Phi) is 3.81. The smallest absolute Gasteiger partial charge is 0.266 e. The number of thiazole rings is 1. The van der Waals surface area contributed by atoms with Crippen LogP contribution in [0.2, 0.25) is 0 Å². The predicted octanol–water partition coefficient (Wildman–Crippen LogP) is 2.39. The summed E-state index contributed by atoms with van der Waals surface area (Å²) >= 11 is 1.84. The summed E-state index contributed by atoms with van der Waals surface area (Å²) in [4.78, 5) is 24.9. The zero-order chi connectivity index (χ0) is 17.5. The summed E-state index contributed by atoms with van der Waals surface area (Å²) in [6.07, 6.45) is 7.06. The second-order valence-corrected chi connectivity index (χ2v) is 8.03. The third-order valence-electron chi connectivity index (χ3n) is 5.07. The second kappa shape index (κ2) is 6.32. The lowest BCUT2D eigenvalue weighted by Gasteiger charge is -2.39. The highest BCUT2D eigenvalue weighted by Gasteiger charge is 2.31. The zero-order valence-corrected chi connectivity index (χ0v) is 15.2. The molecule has 0 bridgehead atoms. The first-order valence-electron chi connectivity index (χ1n) is 8.98. The number of hydrogen-bond acceptors (Lipinski definition) is 6. The third kappa shape index (κ3) is 2.82. The quantitative estimate of drug-likeness (QED) is 0.710. The number of aromatic nitrogens is 4. The molecule has 0 N–H and O–H groups in total. The van der Waals surface area contributed by atoms with Gasteiger partial charge in [0.15, 0.2) is 5.13 Å². The van der Waals surface area contributed by atoms with E-state index in [-0.39, 0.29) is 5.56 Å². The molecule has 2 aliphatic rings. The van der Waals surface area contributed by atoms with E-state index in [0.29, 0.717) is 12.5 Å². The van der Waals surface area contributed by atoms with Gasteiger partial charge in [-0.05, 0) is 37.5 Å². The first-order valence-corrected chi connectivity index (χ1v) is 9.80. The van der Waals surface area contributed by atoms with Gasteiger partial charge in [-0.25, -0.2) is 9.67 Å². The van der Waals surface area contributed by atoms with Crippen LogP contribution in [-0.4, -0.2) is 32.8 Å². The topological polar surface area (TPSA) is 63.9 Å². The van der Waals surface area contributed by atoms with Crippen molar-refractivity contribution in [3.05, 3.63) is 57.6 Å². The fraction of sp³-hybridized carbons (Fsp3) is 0.368. The van der Waals surface area contributed by atoms with E-state index in [1.807, 2.05) is 23.5 Å². The van der Waals surface area contributed by atoms with Crippen LogP contribution >= 0.6 is 11.3 Å². The number of pyridine rings is 1. The summed E-state index contributed by atoms with van der Waals surface area (Å²) in [7, 11) is 0. The fourth-order valence-corrected chi connectivity index (χ4v) is 4.81. The van der Waals surface area contributed by atoms with Crippen LogP contribution in [0.3, 0.4) is 0 Å².